The Morgan fingerprint density at radius 3 is 2.80 bits per heavy atom. The van der Waals surface area contributed by atoms with Gasteiger partial charge in [0, 0.05) is 19.3 Å². The fourth-order valence-electron chi connectivity index (χ4n) is 1.23. The lowest BCUT2D eigenvalue weighted by Gasteiger charge is -2.03. The van der Waals surface area contributed by atoms with Gasteiger partial charge >= 0.3 is 0 Å². The molecule has 5 nitrogen and oxygen atoms in total. The summed E-state index contributed by atoms with van der Waals surface area (Å²) in [6.07, 6.45) is 3.57. The molecule has 0 saturated heterocycles. The van der Waals surface area contributed by atoms with Crippen molar-refractivity contribution in [1.29, 1.82) is 0 Å². The lowest BCUT2D eigenvalue weighted by Crippen LogP contribution is -1.96. The quantitative estimate of drug-likeness (QED) is 0.791. The molecule has 0 saturated carbocycles. The number of hydrogen-bond donors (Lipinski definition) is 1. The van der Waals surface area contributed by atoms with Crippen molar-refractivity contribution in [1.82, 2.24) is 19.7 Å². The van der Waals surface area contributed by atoms with E-state index >= 15 is 0 Å². The molecule has 0 spiro atoms. The predicted molar refractivity (Wildman–Crippen MR) is 58.3 cm³/mol. The second-order valence-corrected chi connectivity index (χ2v) is 3.54. The Labute approximate surface area is 92.1 Å². The largest absolute Gasteiger partial charge is 0.338 e. The molecule has 15 heavy (non-hydrogen) atoms. The van der Waals surface area contributed by atoms with E-state index in [1.165, 1.54) is 0 Å². The van der Waals surface area contributed by atoms with Gasteiger partial charge in [-0.15, -0.1) is 0 Å². The molecule has 2 aromatic heterocycles. The van der Waals surface area contributed by atoms with E-state index in [1.54, 1.807) is 23.9 Å². The van der Waals surface area contributed by atoms with Crippen LogP contribution in [0.2, 0.25) is 5.15 Å². The normalized spacial score (nSPS) is 10.3. The van der Waals surface area contributed by atoms with Gasteiger partial charge in [0.25, 0.3) is 0 Å². The molecule has 0 aliphatic carbocycles. The van der Waals surface area contributed by atoms with Crippen LogP contribution in [0.1, 0.15) is 5.82 Å². The van der Waals surface area contributed by atoms with Crippen LogP contribution in [0.4, 0.5) is 11.5 Å². The summed E-state index contributed by atoms with van der Waals surface area (Å²) in [4.78, 5) is 8.17. The molecule has 0 aliphatic heterocycles. The van der Waals surface area contributed by atoms with E-state index in [0.717, 1.165) is 5.69 Å². The Bertz CT molecular complexity index is 459. The summed E-state index contributed by atoms with van der Waals surface area (Å²) in [6.45, 7) is 1.79. The van der Waals surface area contributed by atoms with E-state index in [1.807, 2.05) is 13.2 Å². The van der Waals surface area contributed by atoms with Gasteiger partial charge in [-0.1, -0.05) is 11.6 Å². The summed E-state index contributed by atoms with van der Waals surface area (Å²) in [5.74, 6) is 1.30. The van der Waals surface area contributed by atoms with Crippen LogP contribution in [-0.2, 0) is 7.05 Å². The summed E-state index contributed by atoms with van der Waals surface area (Å²) in [5.41, 5.74) is 0.867. The summed E-state index contributed by atoms with van der Waals surface area (Å²) >= 11 is 5.81. The molecular weight excluding hydrogens is 214 g/mol. The summed E-state index contributed by atoms with van der Waals surface area (Å²) in [5, 5.41) is 7.55. The second kappa shape index (κ2) is 3.86. The van der Waals surface area contributed by atoms with Crippen molar-refractivity contribution in [3.63, 3.8) is 0 Å². The van der Waals surface area contributed by atoms with Gasteiger partial charge in [-0.05, 0) is 6.92 Å². The van der Waals surface area contributed by atoms with Crippen molar-refractivity contribution >= 4 is 23.1 Å². The maximum absolute atomic E-state index is 5.81. The third kappa shape index (κ3) is 2.44. The Hall–Kier alpha value is -1.62. The number of rotatable bonds is 2. The highest BCUT2D eigenvalue weighted by Crippen LogP contribution is 2.16. The number of aryl methyl sites for hydroxylation is 2. The van der Waals surface area contributed by atoms with Crippen LogP contribution in [0, 0.1) is 6.92 Å². The maximum atomic E-state index is 5.81. The van der Waals surface area contributed by atoms with Gasteiger partial charge in [-0.2, -0.15) is 5.10 Å². The number of nitrogens with one attached hydrogen (secondary N) is 1. The molecule has 0 radical (unpaired) electrons. The van der Waals surface area contributed by atoms with Crippen molar-refractivity contribution in [2.24, 2.45) is 7.05 Å². The minimum absolute atomic E-state index is 0.425. The first-order valence-corrected chi connectivity index (χ1v) is 4.78. The number of nitrogens with zero attached hydrogens (tertiary/aromatic N) is 4. The van der Waals surface area contributed by atoms with Gasteiger partial charge in [0.15, 0.2) is 0 Å². The van der Waals surface area contributed by atoms with Crippen LogP contribution >= 0.6 is 11.6 Å². The molecule has 0 aliphatic rings. The molecule has 0 amide bonds. The Balaban J connectivity index is 2.24. The molecular formula is C9H10ClN5. The van der Waals surface area contributed by atoms with E-state index in [2.05, 4.69) is 20.4 Å². The summed E-state index contributed by atoms with van der Waals surface area (Å²) < 4.78 is 1.71. The predicted octanol–water partition coefficient (Wildman–Crippen LogP) is 1.92. The summed E-state index contributed by atoms with van der Waals surface area (Å²) in [7, 11) is 1.85. The molecule has 2 aromatic rings. The lowest BCUT2D eigenvalue weighted by molar-refractivity contribution is 0.768. The van der Waals surface area contributed by atoms with Crippen molar-refractivity contribution in [3.8, 4) is 0 Å². The highest BCUT2D eigenvalue weighted by atomic mass is 35.5. The fourth-order valence-corrected chi connectivity index (χ4v) is 1.45. The van der Waals surface area contributed by atoms with Crippen LogP contribution in [0.5, 0.6) is 0 Å². The average molecular weight is 224 g/mol. The van der Waals surface area contributed by atoms with E-state index in [0.29, 0.717) is 16.8 Å². The third-order valence-electron chi connectivity index (χ3n) is 1.78. The molecule has 0 bridgehead atoms. The molecule has 0 atom stereocenters. The van der Waals surface area contributed by atoms with Gasteiger partial charge in [-0.3, -0.25) is 4.68 Å². The molecule has 2 heterocycles. The Morgan fingerprint density at radius 1 is 1.40 bits per heavy atom. The zero-order valence-corrected chi connectivity index (χ0v) is 9.15. The first-order valence-electron chi connectivity index (χ1n) is 4.40. The first kappa shape index (κ1) is 9.92. The fraction of sp³-hybridized carbons (Fsp3) is 0.222. The molecule has 0 aromatic carbocycles. The number of hydrogen-bond acceptors (Lipinski definition) is 4. The molecule has 0 fully saturated rings. The van der Waals surface area contributed by atoms with E-state index < -0.39 is 0 Å². The maximum Gasteiger partial charge on any atom is 0.135 e. The van der Waals surface area contributed by atoms with Crippen molar-refractivity contribution in [2.45, 2.75) is 6.92 Å². The van der Waals surface area contributed by atoms with Crippen LogP contribution in [0.25, 0.3) is 0 Å². The van der Waals surface area contributed by atoms with Gasteiger partial charge < -0.3 is 5.32 Å². The van der Waals surface area contributed by atoms with E-state index in [9.17, 15) is 0 Å². The van der Waals surface area contributed by atoms with E-state index in [-0.39, 0.29) is 0 Å². The van der Waals surface area contributed by atoms with Gasteiger partial charge in [0.2, 0.25) is 0 Å². The average Bonchev–Trinajstić information content (AvgIpc) is 2.49. The highest BCUT2D eigenvalue weighted by molar-refractivity contribution is 6.29. The number of anilines is 2. The second-order valence-electron chi connectivity index (χ2n) is 3.15. The van der Waals surface area contributed by atoms with Gasteiger partial charge in [-0.25, -0.2) is 9.97 Å². The molecule has 0 unspecified atom stereocenters. The lowest BCUT2D eigenvalue weighted by atomic mass is 10.5. The molecule has 2 rings (SSSR count). The smallest absolute Gasteiger partial charge is 0.135 e. The minimum Gasteiger partial charge on any atom is -0.338 e. The van der Waals surface area contributed by atoms with Crippen LogP contribution in [0.15, 0.2) is 18.5 Å². The van der Waals surface area contributed by atoms with Crippen LogP contribution in [0.3, 0.4) is 0 Å². The minimum atomic E-state index is 0.425. The van der Waals surface area contributed by atoms with Crippen molar-refractivity contribution in [3.05, 3.63) is 29.4 Å². The number of aromatic nitrogens is 4. The van der Waals surface area contributed by atoms with Gasteiger partial charge in [0.05, 0.1) is 11.9 Å². The van der Waals surface area contributed by atoms with Crippen LogP contribution < -0.4 is 5.32 Å². The summed E-state index contributed by atoms with van der Waals surface area (Å²) in [6, 6.07) is 1.67. The molecule has 1 N–H and O–H groups in total. The molecule has 6 heteroatoms. The first-order chi connectivity index (χ1) is 7.13. The third-order valence-corrected chi connectivity index (χ3v) is 1.98. The van der Waals surface area contributed by atoms with Crippen LogP contribution in [-0.4, -0.2) is 19.7 Å². The standard InChI is InChI=1S/C9H10ClN5/c1-6-12-8(10)3-9(13-6)14-7-4-11-15(2)5-7/h3-5H,1-2H3,(H,12,13,14). The van der Waals surface area contributed by atoms with Gasteiger partial charge in [0.1, 0.15) is 16.8 Å². The van der Waals surface area contributed by atoms with Crippen molar-refractivity contribution < 1.29 is 0 Å². The zero-order valence-electron chi connectivity index (χ0n) is 8.40. The topological polar surface area (TPSA) is 55.6 Å². The zero-order chi connectivity index (χ0) is 10.8. The highest BCUT2D eigenvalue weighted by Gasteiger charge is 2.01. The Morgan fingerprint density at radius 2 is 2.20 bits per heavy atom. The Kier molecular flexibility index (Phi) is 2.55. The monoisotopic (exact) mass is 223 g/mol. The SMILES string of the molecule is Cc1nc(Cl)cc(Nc2cnn(C)c2)n1. The molecule has 78 valence electrons. The van der Waals surface area contributed by atoms with Crippen molar-refractivity contribution in [2.75, 3.05) is 5.32 Å². The number of halogens is 1. The van der Waals surface area contributed by atoms with E-state index in [4.69, 9.17) is 11.6 Å².